The minimum Gasteiger partial charge on any atom is -0.0654 e. The maximum atomic E-state index is 2.39. The molecule has 0 spiro atoms. The molecule has 174 valence electrons. The molecule has 0 unspecified atom stereocenters. The molecule has 0 aromatic heterocycles. The molecule has 0 N–H and O–H groups in total. The van der Waals surface area contributed by atoms with Gasteiger partial charge >= 0.3 is 0 Å². The zero-order valence-electron chi connectivity index (χ0n) is 21.3. The van der Waals surface area contributed by atoms with Crippen LogP contribution in [0.5, 0.6) is 0 Å². The second-order valence-electron chi connectivity index (χ2n) is 9.67. The largest absolute Gasteiger partial charge is 0.0654 e. The molecule has 0 aliphatic heterocycles. The van der Waals surface area contributed by atoms with E-state index in [0.29, 0.717) is 0 Å². The third-order valence-electron chi connectivity index (χ3n) is 6.92. The van der Waals surface area contributed by atoms with E-state index in [1.54, 1.807) is 0 Å². The van der Waals surface area contributed by atoms with E-state index in [4.69, 9.17) is 0 Å². The number of hydrogen-bond donors (Lipinski definition) is 0. The molecular weight excluding hydrogens is 408 g/mol. The quantitative estimate of drug-likeness (QED) is 0.240. The number of rotatable bonds is 9. The van der Waals surface area contributed by atoms with Gasteiger partial charge in [0.25, 0.3) is 0 Å². The van der Waals surface area contributed by atoms with Crippen molar-refractivity contribution < 1.29 is 0 Å². The summed E-state index contributed by atoms with van der Waals surface area (Å²) in [5.41, 5.74) is 13.4. The molecule has 0 heteroatoms. The summed E-state index contributed by atoms with van der Waals surface area (Å²) in [6.45, 7) is 8.98. The number of aryl methyl sites for hydroxylation is 4. The molecule has 0 fully saturated rings. The van der Waals surface area contributed by atoms with E-state index in [2.05, 4.69) is 113 Å². The first kappa shape index (κ1) is 24.0. The highest BCUT2D eigenvalue weighted by Crippen LogP contribution is 2.34. The number of unbranched alkanes of at least 4 members (excludes halogenated alkanes) is 2. The van der Waals surface area contributed by atoms with Gasteiger partial charge in [0.2, 0.25) is 0 Å². The Hall–Kier alpha value is -3.12. The van der Waals surface area contributed by atoms with Crippen molar-refractivity contribution in [2.45, 2.75) is 66.2 Å². The lowest BCUT2D eigenvalue weighted by Gasteiger charge is -2.15. The molecule has 0 heterocycles. The van der Waals surface area contributed by atoms with Crippen LogP contribution in [0.1, 0.15) is 61.8 Å². The van der Waals surface area contributed by atoms with Crippen LogP contribution in [0, 0.1) is 13.8 Å². The lowest BCUT2D eigenvalue weighted by atomic mass is 9.90. The van der Waals surface area contributed by atoms with Gasteiger partial charge in [-0.2, -0.15) is 0 Å². The molecule has 0 saturated heterocycles. The summed E-state index contributed by atoms with van der Waals surface area (Å²) in [6.07, 6.45) is 7.26. The van der Waals surface area contributed by atoms with E-state index in [1.807, 2.05) is 0 Å². The van der Waals surface area contributed by atoms with Crippen LogP contribution in [0.25, 0.3) is 33.4 Å². The highest BCUT2D eigenvalue weighted by Gasteiger charge is 2.10. The van der Waals surface area contributed by atoms with E-state index in [0.717, 1.165) is 12.8 Å². The molecule has 4 aromatic carbocycles. The molecule has 0 bridgehead atoms. The van der Waals surface area contributed by atoms with Gasteiger partial charge in [0, 0.05) is 0 Å². The van der Waals surface area contributed by atoms with Gasteiger partial charge in [0.05, 0.1) is 0 Å². The third kappa shape index (κ3) is 5.68. The smallest absolute Gasteiger partial charge is 0.0146 e. The summed E-state index contributed by atoms with van der Waals surface area (Å²) in [6, 6.07) is 32.0. The minimum absolute atomic E-state index is 1.15. The normalized spacial score (nSPS) is 11.1. The van der Waals surface area contributed by atoms with Gasteiger partial charge in [-0.1, -0.05) is 99.5 Å². The van der Waals surface area contributed by atoms with Crippen LogP contribution in [0.2, 0.25) is 0 Å². The van der Waals surface area contributed by atoms with Gasteiger partial charge in [-0.3, -0.25) is 0 Å². The van der Waals surface area contributed by atoms with Crippen molar-refractivity contribution in [1.29, 1.82) is 0 Å². The standard InChI is InChI=1S/C34H38/c1-5-7-11-27-13-9-15-29(21-27)31-19-17-25(3)33(23-31)34-24-32(20-18-26(34)4)30-16-10-14-28(22-30)12-8-6-2/h9-10,13-24H,5-8,11-12H2,1-4H3. The van der Waals surface area contributed by atoms with Crippen molar-refractivity contribution >= 4 is 0 Å². The Morgan fingerprint density at radius 1 is 0.471 bits per heavy atom. The van der Waals surface area contributed by atoms with Crippen molar-refractivity contribution in [2.24, 2.45) is 0 Å². The lowest BCUT2D eigenvalue weighted by molar-refractivity contribution is 0.795. The molecule has 0 aliphatic carbocycles. The van der Waals surface area contributed by atoms with Crippen molar-refractivity contribution in [1.82, 2.24) is 0 Å². The van der Waals surface area contributed by atoms with Gasteiger partial charge in [-0.15, -0.1) is 0 Å². The molecule has 34 heavy (non-hydrogen) atoms. The second kappa shape index (κ2) is 11.3. The third-order valence-corrected chi connectivity index (χ3v) is 6.92. The van der Waals surface area contributed by atoms with Crippen molar-refractivity contribution in [3.63, 3.8) is 0 Å². The molecule has 0 aliphatic rings. The van der Waals surface area contributed by atoms with Crippen LogP contribution in [-0.2, 0) is 12.8 Å². The Balaban J connectivity index is 1.71. The summed E-state index contributed by atoms with van der Waals surface area (Å²) >= 11 is 0. The maximum Gasteiger partial charge on any atom is -0.0146 e. The predicted octanol–water partition coefficient (Wildman–Crippen LogP) is 9.99. The highest BCUT2D eigenvalue weighted by molar-refractivity contribution is 5.81. The Bertz CT molecular complexity index is 1150. The molecule has 4 aromatic rings. The SMILES string of the molecule is CCCCc1cccc(-c2ccc(C)c(-c3cc(-c4cccc(CCCC)c4)ccc3C)c2)c1. The van der Waals surface area contributed by atoms with Crippen LogP contribution < -0.4 is 0 Å². The summed E-state index contributed by atoms with van der Waals surface area (Å²) in [7, 11) is 0. The van der Waals surface area contributed by atoms with Crippen LogP contribution in [0.15, 0.2) is 84.9 Å². The molecule has 0 radical (unpaired) electrons. The molecule has 0 nitrogen and oxygen atoms in total. The van der Waals surface area contributed by atoms with E-state index in [9.17, 15) is 0 Å². The zero-order chi connectivity index (χ0) is 23.9. The Labute approximate surface area is 206 Å². The lowest BCUT2D eigenvalue weighted by Crippen LogP contribution is -1.92. The van der Waals surface area contributed by atoms with E-state index in [-0.39, 0.29) is 0 Å². The monoisotopic (exact) mass is 446 g/mol. The average Bonchev–Trinajstić information content (AvgIpc) is 2.87. The van der Waals surface area contributed by atoms with Gasteiger partial charge in [-0.05, 0) is 107 Å². The number of benzene rings is 4. The van der Waals surface area contributed by atoms with Crippen LogP contribution >= 0.6 is 0 Å². The van der Waals surface area contributed by atoms with Crippen LogP contribution in [0.3, 0.4) is 0 Å². The van der Waals surface area contributed by atoms with E-state index >= 15 is 0 Å². The van der Waals surface area contributed by atoms with Gasteiger partial charge < -0.3 is 0 Å². The Morgan fingerprint density at radius 2 is 0.882 bits per heavy atom. The topological polar surface area (TPSA) is 0 Å². The first-order valence-electron chi connectivity index (χ1n) is 13.0. The predicted molar refractivity (Wildman–Crippen MR) is 149 cm³/mol. The van der Waals surface area contributed by atoms with E-state index < -0.39 is 0 Å². The molecule has 0 amide bonds. The zero-order valence-corrected chi connectivity index (χ0v) is 21.3. The van der Waals surface area contributed by atoms with Gasteiger partial charge in [0.15, 0.2) is 0 Å². The average molecular weight is 447 g/mol. The summed E-state index contributed by atoms with van der Waals surface area (Å²) in [5, 5.41) is 0. The molecular formula is C34H38. The van der Waals surface area contributed by atoms with Crippen LogP contribution in [-0.4, -0.2) is 0 Å². The first-order valence-corrected chi connectivity index (χ1v) is 13.0. The van der Waals surface area contributed by atoms with Crippen molar-refractivity contribution in [2.75, 3.05) is 0 Å². The van der Waals surface area contributed by atoms with Crippen molar-refractivity contribution in [3.05, 3.63) is 107 Å². The maximum absolute atomic E-state index is 2.39. The van der Waals surface area contributed by atoms with Gasteiger partial charge in [-0.25, -0.2) is 0 Å². The second-order valence-corrected chi connectivity index (χ2v) is 9.67. The fraction of sp³-hybridized carbons (Fsp3) is 0.294. The molecule has 0 atom stereocenters. The minimum atomic E-state index is 1.15. The fourth-order valence-electron chi connectivity index (χ4n) is 4.76. The van der Waals surface area contributed by atoms with Gasteiger partial charge in [0.1, 0.15) is 0 Å². The Kier molecular flexibility index (Phi) is 8.01. The highest BCUT2D eigenvalue weighted by atomic mass is 14.1. The van der Waals surface area contributed by atoms with Crippen molar-refractivity contribution in [3.8, 4) is 33.4 Å². The summed E-state index contributed by atoms with van der Waals surface area (Å²) in [4.78, 5) is 0. The summed E-state index contributed by atoms with van der Waals surface area (Å²) < 4.78 is 0. The Morgan fingerprint density at radius 3 is 1.29 bits per heavy atom. The first-order chi connectivity index (χ1) is 16.6. The molecule has 4 rings (SSSR count). The number of hydrogen-bond acceptors (Lipinski definition) is 0. The van der Waals surface area contributed by atoms with Crippen LogP contribution in [0.4, 0.5) is 0 Å². The fourth-order valence-corrected chi connectivity index (χ4v) is 4.76. The molecule has 0 saturated carbocycles. The summed E-state index contributed by atoms with van der Waals surface area (Å²) in [5.74, 6) is 0. The van der Waals surface area contributed by atoms with E-state index in [1.165, 1.54) is 81.3 Å².